The van der Waals surface area contributed by atoms with Gasteiger partial charge in [0.25, 0.3) is 0 Å². The molecule has 2 heterocycles. The lowest BCUT2D eigenvalue weighted by Crippen LogP contribution is -2.30. The first-order valence-electron chi connectivity index (χ1n) is 8.99. The molecule has 2 aromatic rings. The smallest absolute Gasteiger partial charge is 0.341 e. The van der Waals surface area contributed by atoms with Crippen molar-refractivity contribution in [3.05, 3.63) is 39.9 Å². The van der Waals surface area contributed by atoms with E-state index in [1.54, 1.807) is 6.07 Å². The van der Waals surface area contributed by atoms with Gasteiger partial charge in [0.1, 0.15) is 11.4 Å². The van der Waals surface area contributed by atoms with Crippen molar-refractivity contribution >= 4 is 22.6 Å². The monoisotopic (exact) mass is 359 g/mol. The maximum Gasteiger partial charge on any atom is 0.341 e. The number of fused-ring (bicyclic) bond motifs is 1. The zero-order valence-electron chi connectivity index (χ0n) is 14.6. The minimum atomic E-state index is -1.28. The summed E-state index contributed by atoms with van der Waals surface area (Å²) in [4.78, 5) is 25.9. The number of halogens is 1. The molecule has 26 heavy (non-hydrogen) atoms. The van der Waals surface area contributed by atoms with Gasteiger partial charge >= 0.3 is 5.97 Å². The largest absolute Gasteiger partial charge is 0.477 e. The lowest BCUT2D eigenvalue weighted by Gasteiger charge is -2.22. The van der Waals surface area contributed by atoms with E-state index in [4.69, 9.17) is 5.73 Å². The third-order valence-electron chi connectivity index (χ3n) is 5.58. The standard InChI is InChI=1S/C19H22FN3O3/c1-10(21)11-4-5-22(8-11)17-7-16-13(6-15(17)20)18(24)14(19(25)26)9-23(16)12-2-3-12/h6-7,9-12H,2-5,8,21H2,1H3,(H,25,26)/t10-,11-/m1/s1. The molecule has 1 aromatic carbocycles. The molecule has 0 radical (unpaired) electrons. The van der Waals surface area contributed by atoms with Crippen LogP contribution in [0.2, 0.25) is 0 Å². The van der Waals surface area contributed by atoms with Gasteiger partial charge in [-0.1, -0.05) is 0 Å². The van der Waals surface area contributed by atoms with Crippen molar-refractivity contribution in [2.45, 2.75) is 38.3 Å². The Labute approximate surface area is 150 Å². The number of nitrogens with two attached hydrogens (primary N) is 1. The van der Waals surface area contributed by atoms with Gasteiger partial charge in [0.2, 0.25) is 5.43 Å². The van der Waals surface area contributed by atoms with Crippen LogP contribution in [0.15, 0.2) is 23.1 Å². The number of carbonyl (C=O) groups is 1. The number of carboxylic acid groups (broad SMARTS) is 1. The summed E-state index contributed by atoms with van der Waals surface area (Å²) in [5, 5.41) is 9.43. The molecule has 2 atom stereocenters. The summed E-state index contributed by atoms with van der Waals surface area (Å²) in [6, 6.07) is 3.10. The summed E-state index contributed by atoms with van der Waals surface area (Å²) >= 11 is 0. The molecular weight excluding hydrogens is 337 g/mol. The lowest BCUT2D eigenvalue weighted by atomic mass is 10.0. The normalized spacial score (nSPS) is 21.3. The predicted octanol–water partition coefficient (Wildman–Crippen LogP) is 2.35. The van der Waals surface area contributed by atoms with Gasteiger partial charge in [-0.2, -0.15) is 0 Å². The molecule has 0 amide bonds. The van der Waals surface area contributed by atoms with E-state index in [0.717, 1.165) is 25.8 Å². The van der Waals surface area contributed by atoms with Gasteiger partial charge in [0, 0.05) is 36.8 Å². The van der Waals surface area contributed by atoms with Gasteiger partial charge in [-0.25, -0.2) is 9.18 Å². The Hall–Kier alpha value is -2.41. The third kappa shape index (κ3) is 2.76. The highest BCUT2D eigenvalue weighted by Crippen LogP contribution is 2.38. The van der Waals surface area contributed by atoms with Crippen LogP contribution in [0.25, 0.3) is 10.9 Å². The predicted molar refractivity (Wildman–Crippen MR) is 97.4 cm³/mol. The Bertz CT molecular complexity index is 949. The van der Waals surface area contributed by atoms with Gasteiger partial charge in [-0.3, -0.25) is 4.79 Å². The van der Waals surface area contributed by atoms with Crippen LogP contribution in [0.4, 0.5) is 10.1 Å². The number of nitrogens with zero attached hydrogens (tertiary/aromatic N) is 2. The van der Waals surface area contributed by atoms with Crippen LogP contribution in [0.3, 0.4) is 0 Å². The molecule has 3 N–H and O–H groups in total. The zero-order chi connectivity index (χ0) is 18.6. The number of pyridine rings is 1. The first-order valence-corrected chi connectivity index (χ1v) is 8.99. The maximum absolute atomic E-state index is 14.8. The summed E-state index contributed by atoms with van der Waals surface area (Å²) in [6.07, 6.45) is 4.17. The van der Waals surface area contributed by atoms with E-state index < -0.39 is 17.2 Å². The Kier molecular flexibility index (Phi) is 3.99. The minimum Gasteiger partial charge on any atom is -0.477 e. The molecule has 4 rings (SSSR count). The number of benzene rings is 1. The van der Waals surface area contributed by atoms with E-state index in [0.29, 0.717) is 23.7 Å². The number of hydrogen-bond donors (Lipinski definition) is 2. The maximum atomic E-state index is 14.8. The quantitative estimate of drug-likeness (QED) is 0.875. The molecule has 1 saturated heterocycles. The van der Waals surface area contributed by atoms with Gasteiger partial charge in [-0.15, -0.1) is 0 Å². The van der Waals surface area contributed by atoms with Crippen LogP contribution in [0, 0.1) is 11.7 Å². The molecule has 2 fully saturated rings. The van der Waals surface area contributed by atoms with Crippen molar-refractivity contribution in [3.63, 3.8) is 0 Å². The van der Waals surface area contributed by atoms with Crippen LogP contribution in [0.5, 0.6) is 0 Å². The number of anilines is 1. The number of carboxylic acids is 1. The minimum absolute atomic E-state index is 0.0475. The van der Waals surface area contributed by atoms with Crippen LogP contribution in [-0.4, -0.2) is 34.8 Å². The molecule has 1 aliphatic heterocycles. The number of aromatic nitrogens is 1. The third-order valence-corrected chi connectivity index (χ3v) is 5.58. The Morgan fingerprint density at radius 1 is 1.35 bits per heavy atom. The van der Waals surface area contributed by atoms with Crippen LogP contribution < -0.4 is 16.1 Å². The number of rotatable bonds is 4. The fourth-order valence-electron chi connectivity index (χ4n) is 3.84. The molecule has 0 bridgehead atoms. The number of hydrogen-bond acceptors (Lipinski definition) is 4. The van der Waals surface area contributed by atoms with Gasteiger partial charge in [-0.05, 0) is 44.2 Å². The van der Waals surface area contributed by atoms with E-state index in [2.05, 4.69) is 0 Å². The van der Waals surface area contributed by atoms with Gasteiger partial charge in [0.05, 0.1) is 11.2 Å². The summed E-state index contributed by atoms with van der Waals surface area (Å²) in [7, 11) is 0. The van der Waals surface area contributed by atoms with Crippen molar-refractivity contribution in [2.24, 2.45) is 11.7 Å². The molecule has 7 heteroatoms. The van der Waals surface area contributed by atoms with Crippen LogP contribution in [0.1, 0.15) is 42.6 Å². The fourth-order valence-corrected chi connectivity index (χ4v) is 3.84. The molecule has 1 saturated carbocycles. The van der Waals surface area contributed by atoms with Crippen molar-refractivity contribution in [1.82, 2.24) is 4.57 Å². The molecule has 1 aromatic heterocycles. The van der Waals surface area contributed by atoms with E-state index in [-0.39, 0.29) is 23.0 Å². The van der Waals surface area contributed by atoms with Crippen LogP contribution in [-0.2, 0) is 0 Å². The van der Waals surface area contributed by atoms with E-state index >= 15 is 0 Å². The van der Waals surface area contributed by atoms with Crippen LogP contribution >= 0.6 is 0 Å². The van der Waals surface area contributed by atoms with E-state index in [1.165, 1.54) is 12.3 Å². The molecule has 6 nitrogen and oxygen atoms in total. The SMILES string of the molecule is C[C@@H](N)[C@@H]1CCN(c2cc3c(cc2F)c(=O)c(C(=O)O)cn3C2CC2)C1. The average molecular weight is 359 g/mol. The summed E-state index contributed by atoms with van der Waals surface area (Å²) in [5.41, 5.74) is 6.09. The van der Waals surface area contributed by atoms with Crippen molar-refractivity contribution < 1.29 is 14.3 Å². The molecule has 1 aliphatic carbocycles. The highest BCUT2D eigenvalue weighted by atomic mass is 19.1. The second kappa shape index (κ2) is 6.09. The Balaban J connectivity index is 1.86. The van der Waals surface area contributed by atoms with Crippen molar-refractivity contribution in [3.8, 4) is 0 Å². The second-order valence-electron chi connectivity index (χ2n) is 7.49. The van der Waals surface area contributed by atoms with Gasteiger partial charge in [0.15, 0.2) is 0 Å². The highest BCUT2D eigenvalue weighted by molar-refractivity contribution is 5.93. The molecule has 0 spiro atoms. The molecule has 2 aliphatic rings. The lowest BCUT2D eigenvalue weighted by molar-refractivity contribution is 0.0695. The van der Waals surface area contributed by atoms with E-state index in [1.807, 2.05) is 16.4 Å². The molecule has 138 valence electrons. The highest BCUT2D eigenvalue weighted by Gasteiger charge is 2.30. The Morgan fingerprint density at radius 3 is 2.65 bits per heavy atom. The van der Waals surface area contributed by atoms with E-state index in [9.17, 15) is 19.1 Å². The summed E-state index contributed by atoms with van der Waals surface area (Å²) < 4.78 is 16.6. The topological polar surface area (TPSA) is 88.6 Å². The van der Waals surface area contributed by atoms with Crippen molar-refractivity contribution in [2.75, 3.05) is 18.0 Å². The second-order valence-corrected chi connectivity index (χ2v) is 7.49. The van der Waals surface area contributed by atoms with Crippen molar-refractivity contribution in [1.29, 1.82) is 0 Å². The summed E-state index contributed by atoms with van der Waals surface area (Å²) in [5.74, 6) is -1.47. The summed E-state index contributed by atoms with van der Waals surface area (Å²) in [6.45, 7) is 3.36. The first-order chi connectivity index (χ1) is 12.4. The molecular formula is C19H22FN3O3. The number of aromatic carboxylic acids is 1. The fraction of sp³-hybridized carbons (Fsp3) is 0.474. The molecule has 0 unspecified atom stereocenters. The average Bonchev–Trinajstić information content (AvgIpc) is 3.30. The Morgan fingerprint density at radius 2 is 2.08 bits per heavy atom. The first kappa shape index (κ1) is 17.0. The zero-order valence-corrected chi connectivity index (χ0v) is 14.6. The van der Waals surface area contributed by atoms with Gasteiger partial charge < -0.3 is 20.3 Å².